The van der Waals surface area contributed by atoms with Crippen LogP contribution in [0.2, 0.25) is 0 Å². The van der Waals surface area contributed by atoms with Crippen molar-refractivity contribution in [1.29, 1.82) is 0 Å². The fourth-order valence-corrected chi connectivity index (χ4v) is 4.48. The van der Waals surface area contributed by atoms with E-state index in [0.717, 1.165) is 44.6 Å². The monoisotopic (exact) mass is 419 g/mol. The summed E-state index contributed by atoms with van der Waals surface area (Å²) in [7, 11) is 0. The van der Waals surface area contributed by atoms with Crippen molar-refractivity contribution >= 4 is 11.6 Å². The van der Waals surface area contributed by atoms with E-state index >= 15 is 0 Å². The van der Waals surface area contributed by atoms with E-state index < -0.39 is 5.41 Å². The molecular formula is C30H29NO. The van der Waals surface area contributed by atoms with E-state index in [1.54, 1.807) is 0 Å². The summed E-state index contributed by atoms with van der Waals surface area (Å²) >= 11 is 0. The van der Waals surface area contributed by atoms with Crippen molar-refractivity contribution in [1.82, 2.24) is 0 Å². The summed E-state index contributed by atoms with van der Waals surface area (Å²) < 4.78 is 0. The smallest absolute Gasteiger partial charge is 0.244 e. The minimum atomic E-state index is -0.992. The summed E-state index contributed by atoms with van der Waals surface area (Å²) in [4.78, 5) is 14.4. The summed E-state index contributed by atoms with van der Waals surface area (Å²) in [6.07, 6.45) is 0. The van der Waals surface area contributed by atoms with Gasteiger partial charge in [0.2, 0.25) is 5.91 Å². The number of hydrogen-bond donors (Lipinski definition) is 1. The molecule has 0 radical (unpaired) electrons. The topological polar surface area (TPSA) is 29.1 Å². The third-order valence-corrected chi connectivity index (χ3v) is 5.97. The average Bonchev–Trinajstić information content (AvgIpc) is 2.75. The van der Waals surface area contributed by atoms with Gasteiger partial charge in [-0.05, 0) is 62.1 Å². The van der Waals surface area contributed by atoms with Crippen molar-refractivity contribution in [2.75, 3.05) is 5.32 Å². The highest BCUT2D eigenvalue weighted by Gasteiger charge is 2.44. The second-order valence-electron chi connectivity index (χ2n) is 8.68. The lowest BCUT2D eigenvalue weighted by Crippen LogP contribution is -2.43. The summed E-state index contributed by atoms with van der Waals surface area (Å²) in [5, 5.41) is 3.24. The molecule has 0 bridgehead atoms. The van der Waals surface area contributed by atoms with Gasteiger partial charge in [-0.3, -0.25) is 4.79 Å². The van der Waals surface area contributed by atoms with Crippen LogP contribution in [0.5, 0.6) is 0 Å². The standard InChI is InChI=1S/C30H29NO/c1-21-9-5-13-25(17-21)30(26-14-6-10-22(2)18-26,27-15-7-11-23(3)19-27)29(32)31-28-16-8-12-24(4)20-28/h5-20H,1-4H3,(H,31,32). The molecule has 1 N–H and O–H groups in total. The van der Waals surface area contributed by atoms with Crippen molar-refractivity contribution < 1.29 is 4.79 Å². The molecule has 0 saturated heterocycles. The molecule has 32 heavy (non-hydrogen) atoms. The fourth-order valence-electron chi connectivity index (χ4n) is 4.48. The van der Waals surface area contributed by atoms with E-state index in [4.69, 9.17) is 0 Å². The van der Waals surface area contributed by atoms with Gasteiger partial charge in [0.25, 0.3) is 0 Å². The molecule has 0 saturated carbocycles. The molecule has 1 amide bonds. The molecule has 0 spiro atoms. The van der Waals surface area contributed by atoms with Gasteiger partial charge in [0.1, 0.15) is 5.41 Å². The maximum atomic E-state index is 14.4. The molecule has 160 valence electrons. The van der Waals surface area contributed by atoms with Gasteiger partial charge in [0.15, 0.2) is 0 Å². The zero-order valence-corrected chi connectivity index (χ0v) is 19.1. The Balaban J connectivity index is 2.03. The molecule has 0 aromatic heterocycles. The van der Waals surface area contributed by atoms with Gasteiger partial charge < -0.3 is 5.32 Å². The van der Waals surface area contributed by atoms with Crippen LogP contribution in [0.4, 0.5) is 5.69 Å². The molecule has 0 aliphatic carbocycles. The highest BCUT2D eigenvalue weighted by atomic mass is 16.2. The van der Waals surface area contributed by atoms with Crippen LogP contribution in [-0.4, -0.2) is 5.91 Å². The number of hydrogen-bond acceptors (Lipinski definition) is 1. The summed E-state index contributed by atoms with van der Waals surface area (Å²) in [6, 6.07) is 32.8. The highest BCUT2D eigenvalue weighted by Crippen LogP contribution is 2.41. The number of amides is 1. The van der Waals surface area contributed by atoms with Gasteiger partial charge in [-0.2, -0.15) is 0 Å². The third-order valence-electron chi connectivity index (χ3n) is 5.97. The quantitative estimate of drug-likeness (QED) is 0.351. The molecule has 0 heterocycles. The van der Waals surface area contributed by atoms with Crippen molar-refractivity contribution in [3.8, 4) is 0 Å². The van der Waals surface area contributed by atoms with Gasteiger partial charge >= 0.3 is 0 Å². The SMILES string of the molecule is Cc1cccc(NC(=O)C(c2cccc(C)c2)(c2cccc(C)c2)c2cccc(C)c2)c1. The number of rotatable bonds is 5. The highest BCUT2D eigenvalue weighted by molar-refractivity contribution is 6.05. The number of aryl methyl sites for hydroxylation is 4. The number of benzene rings is 4. The molecule has 0 fully saturated rings. The van der Waals surface area contributed by atoms with Gasteiger partial charge in [0.05, 0.1) is 0 Å². The number of anilines is 1. The molecular weight excluding hydrogens is 390 g/mol. The average molecular weight is 420 g/mol. The minimum absolute atomic E-state index is 0.0649. The molecule has 0 aliphatic rings. The van der Waals surface area contributed by atoms with Gasteiger partial charge in [0, 0.05) is 5.69 Å². The van der Waals surface area contributed by atoms with Gasteiger partial charge in [-0.25, -0.2) is 0 Å². The first-order valence-electron chi connectivity index (χ1n) is 11.0. The molecule has 0 aliphatic heterocycles. The Hall–Kier alpha value is -3.65. The van der Waals surface area contributed by atoms with Gasteiger partial charge in [-0.15, -0.1) is 0 Å². The van der Waals surface area contributed by atoms with Crippen molar-refractivity contribution in [2.24, 2.45) is 0 Å². The van der Waals surface area contributed by atoms with E-state index in [0.29, 0.717) is 0 Å². The molecule has 0 atom stereocenters. The minimum Gasteiger partial charge on any atom is -0.325 e. The second-order valence-corrected chi connectivity index (χ2v) is 8.68. The Morgan fingerprint density at radius 2 is 0.938 bits per heavy atom. The number of carbonyl (C=O) groups excluding carboxylic acids is 1. The first-order chi connectivity index (χ1) is 15.4. The zero-order chi connectivity index (χ0) is 22.7. The number of nitrogens with one attached hydrogen (secondary N) is 1. The summed E-state index contributed by atoms with van der Waals surface area (Å²) in [5.41, 5.74) is 7.15. The molecule has 0 unspecified atom stereocenters. The molecule has 2 nitrogen and oxygen atoms in total. The fraction of sp³-hybridized carbons (Fsp3) is 0.167. The largest absolute Gasteiger partial charge is 0.325 e. The first kappa shape index (κ1) is 21.6. The first-order valence-corrected chi connectivity index (χ1v) is 11.0. The lowest BCUT2D eigenvalue weighted by molar-refractivity contribution is -0.119. The summed E-state index contributed by atoms with van der Waals surface area (Å²) in [6.45, 7) is 8.24. The lowest BCUT2D eigenvalue weighted by atomic mass is 9.68. The number of carbonyl (C=O) groups is 1. The molecule has 4 aromatic rings. The van der Waals surface area contributed by atoms with E-state index in [1.807, 2.05) is 49.4 Å². The van der Waals surface area contributed by atoms with Crippen LogP contribution in [0, 0.1) is 27.7 Å². The van der Waals surface area contributed by atoms with E-state index in [1.165, 1.54) is 0 Å². The van der Waals surface area contributed by atoms with E-state index in [9.17, 15) is 4.79 Å². The van der Waals surface area contributed by atoms with E-state index in [2.05, 4.69) is 80.7 Å². The third kappa shape index (κ3) is 4.09. The predicted molar refractivity (Wildman–Crippen MR) is 133 cm³/mol. The Morgan fingerprint density at radius 1 is 0.562 bits per heavy atom. The van der Waals surface area contributed by atoms with Crippen LogP contribution in [-0.2, 0) is 10.2 Å². The Bertz CT molecular complexity index is 1160. The maximum absolute atomic E-state index is 14.4. The van der Waals surface area contributed by atoms with Crippen LogP contribution < -0.4 is 5.32 Å². The Morgan fingerprint density at radius 3 is 1.31 bits per heavy atom. The normalized spacial score (nSPS) is 11.2. The predicted octanol–water partition coefficient (Wildman–Crippen LogP) is 6.89. The summed E-state index contributed by atoms with van der Waals surface area (Å²) in [5.74, 6) is -0.0649. The zero-order valence-electron chi connectivity index (χ0n) is 19.1. The molecule has 4 aromatic carbocycles. The van der Waals surface area contributed by atoms with Crippen molar-refractivity contribution in [3.63, 3.8) is 0 Å². The van der Waals surface area contributed by atoms with Crippen LogP contribution >= 0.6 is 0 Å². The lowest BCUT2D eigenvalue weighted by Gasteiger charge is -2.35. The maximum Gasteiger partial charge on any atom is 0.244 e. The van der Waals surface area contributed by atoms with Crippen LogP contribution in [0.25, 0.3) is 0 Å². The molecule has 2 heteroatoms. The van der Waals surface area contributed by atoms with Crippen molar-refractivity contribution in [3.05, 3.63) is 136 Å². The van der Waals surface area contributed by atoms with E-state index in [-0.39, 0.29) is 5.91 Å². The van der Waals surface area contributed by atoms with Crippen molar-refractivity contribution in [2.45, 2.75) is 33.1 Å². The Kier molecular flexibility index (Phi) is 5.96. The van der Waals surface area contributed by atoms with Crippen LogP contribution in [0.1, 0.15) is 38.9 Å². The van der Waals surface area contributed by atoms with Crippen LogP contribution in [0.15, 0.2) is 97.1 Å². The molecule has 4 rings (SSSR count). The van der Waals surface area contributed by atoms with Crippen LogP contribution in [0.3, 0.4) is 0 Å². The van der Waals surface area contributed by atoms with Gasteiger partial charge in [-0.1, -0.05) is 102 Å². The Labute approximate surface area is 191 Å². The second kappa shape index (κ2) is 8.84.